The van der Waals surface area contributed by atoms with E-state index in [0.29, 0.717) is 5.56 Å². The van der Waals surface area contributed by atoms with Crippen LogP contribution in [0.25, 0.3) is 0 Å². The second kappa shape index (κ2) is 4.32. The topological polar surface area (TPSA) is 60.2 Å². The highest BCUT2D eigenvalue weighted by molar-refractivity contribution is 5.91. The first-order valence-corrected chi connectivity index (χ1v) is 4.02. The molecule has 14 heavy (non-hydrogen) atoms. The minimum absolute atomic E-state index is 0.0253. The van der Waals surface area contributed by atoms with E-state index in [-0.39, 0.29) is 17.9 Å². The molecule has 0 heterocycles. The summed E-state index contributed by atoms with van der Waals surface area (Å²) < 4.78 is 0. The third-order valence-electron chi connectivity index (χ3n) is 1.78. The van der Waals surface area contributed by atoms with Gasteiger partial charge in [-0.15, -0.1) is 0 Å². The van der Waals surface area contributed by atoms with E-state index in [4.69, 9.17) is 0 Å². The van der Waals surface area contributed by atoms with Crippen LogP contribution >= 0.6 is 0 Å². The van der Waals surface area contributed by atoms with Crippen molar-refractivity contribution >= 4 is 11.5 Å². The third kappa shape index (κ3) is 2.26. The van der Waals surface area contributed by atoms with Crippen molar-refractivity contribution in [1.29, 1.82) is 0 Å². The number of ketones is 1. The van der Waals surface area contributed by atoms with E-state index < -0.39 is 4.92 Å². The van der Waals surface area contributed by atoms with Crippen molar-refractivity contribution in [3.8, 4) is 0 Å². The maximum Gasteiger partial charge on any atom is 0.273 e. The summed E-state index contributed by atoms with van der Waals surface area (Å²) >= 11 is 0. The molecule has 72 valence electrons. The van der Waals surface area contributed by atoms with E-state index in [9.17, 15) is 14.9 Å². The first-order valence-electron chi connectivity index (χ1n) is 4.02. The lowest BCUT2D eigenvalue weighted by Crippen LogP contribution is -2.01. The smallest absolute Gasteiger partial charge is 0.273 e. The Hall–Kier alpha value is -1.97. The molecule has 4 nitrogen and oxygen atoms in total. The molecule has 0 unspecified atom stereocenters. The van der Waals surface area contributed by atoms with Gasteiger partial charge in [-0.25, -0.2) is 0 Å². The molecule has 0 radical (unpaired) electrons. The fraction of sp³-hybridized carbons (Fsp3) is 0.100. The average molecular weight is 191 g/mol. The molecular weight excluding hydrogens is 182 g/mol. The summed E-state index contributed by atoms with van der Waals surface area (Å²) in [5, 5.41) is 10.6. The molecule has 0 spiro atoms. The Morgan fingerprint density at radius 1 is 1.50 bits per heavy atom. The monoisotopic (exact) mass is 191 g/mol. The number of benzene rings is 1. The number of carbonyl (C=O) groups excluding carboxylic acids is 1. The van der Waals surface area contributed by atoms with Crippen LogP contribution in [0.5, 0.6) is 0 Å². The molecule has 0 aliphatic heterocycles. The van der Waals surface area contributed by atoms with Crippen molar-refractivity contribution in [3.63, 3.8) is 0 Å². The number of hydrogen-bond acceptors (Lipinski definition) is 3. The zero-order valence-electron chi connectivity index (χ0n) is 7.47. The summed E-state index contributed by atoms with van der Waals surface area (Å²) in [5.74, 6) is -0.223. The third-order valence-corrected chi connectivity index (χ3v) is 1.78. The first kappa shape index (κ1) is 10.1. The van der Waals surface area contributed by atoms with Crippen LogP contribution in [0.2, 0.25) is 0 Å². The van der Waals surface area contributed by atoms with E-state index >= 15 is 0 Å². The van der Waals surface area contributed by atoms with Gasteiger partial charge in [0, 0.05) is 18.1 Å². The Bertz CT molecular complexity index is 385. The predicted octanol–water partition coefficient (Wildman–Crippen LogP) is 1.89. The molecule has 1 rings (SSSR count). The molecule has 1 aromatic rings. The summed E-state index contributed by atoms with van der Waals surface area (Å²) in [7, 11) is 0. The second-order valence-electron chi connectivity index (χ2n) is 2.73. The quantitative estimate of drug-likeness (QED) is 0.414. The molecule has 4 heteroatoms. The zero-order valence-corrected chi connectivity index (χ0v) is 7.47. The minimum Gasteiger partial charge on any atom is -0.295 e. The van der Waals surface area contributed by atoms with Gasteiger partial charge in [0.2, 0.25) is 0 Å². The molecule has 0 saturated heterocycles. The Kier molecular flexibility index (Phi) is 3.12. The van der Waals surface area contributed by atoms with Crippen molar-refractivity contribution in [2.24, 2.45) is 0 Å². The van der Waals surface area contributed by atoms with Crippen molar-refractivity contribution in [3.05, 3.63) is 52.6 Å². The summed E-state index contributed by atoms with van der Waals surface area (Å²) in [6, 6.07) is 6.18. The molecule has 0 bridgehead atoms. The van der Waals surface area contributed by atoms with Gasteiger partial charge in [-0.05, 0) is 6.08 Å². The SMILES string of the molecule is C=CC(=O)Cc1ccccc1[N+](=O)[O-]. The van der Waals surface area contributed by atoms with Crippen molar-refractivity contribution in [1.82, 2.24) is 0 Å². The number of carbonyl (C=O) groups is 1. The Balaban J connectivity index is 3.01. The Labute approximate surface area is 81.0 Å². The van der Waals surface area contributed by atoms with Crippen LogP contribution in [0, 0.1) is 10.1 Å². The summed E-state index contributed by atoms with van der Waals surface area (Å²) in [5.41, 5.74) is 0.394. The van der Waals surface area contributed by atoms with Gasteiger partial charge in [-0.2, -0.15) is 0 Å². The Morgan fingerprint density at radius 3 is 2.71 bits per heavy atom. The summed E-state index contributed by atoms with van der Waals surface area (Å²) in [6.07, 6.45) is 1.19. The highest BCUT2D eigenvalue weighted by Gasteiger charge is 2.13. The molecule has 0 aliphatic carbocycles. The molecule has 0 saturated carbocycles. The van der Waals surface area contributed by atoms with Gasteiger partial charge in [-0.3, -0.25) is 14.9 Å². The predicted molar refractivity (Wildman–Crippen MR) is 52.0 cm³/mol. The van der Waals surface area contributed by atoms with Gasteiger partial charge < -0.3 is 0 Å². The van der Waals surface area contributed by atoms with E-state index in [1.165, 1.54) is 6.07 Å². The normalized spacial score (nSPS) is 9.43. The van der Waals surface area contributed by atoms with Crippen LogP contribution in [0.3, 0.4) is 0 Å². The number of para-hydroxylation sites is 1. The van der Waals surface area contributed by atoms with Crippen LogP contribution in [-0.4, -0.2) is 10.7 Å². The maximum atomic E-state index is 11.0. The van der Waals surface area contributed by atoms with Crippen LogP contribution < -0.4 is 0 Å². The summed E-state index contributed by atoms with van der Waals surface area (Å²) in [4.78, 5) is 21.1. The molecule has 0 aromatic heterocycles. The van der Waals surface area contributed by atoms with Gasteiger partial charge in [0.25, 0.3) is 5.69 Å². The number of nitro groups is 1. The van der Waals surface area contributed by atoms with Crippen LogP contribution in [-0.2, 0) is 11.2 Å². The van der Waals surface area contributed by atoms with Gasteiger partial charge >= 0.3 is 0 Å². The fourth-order valence-electron chi connectivity index (χ4n) is 1.10. The van der Waals surface area contributed by atoms with E-state index in [1.807, 2.05) is 0 Å². The lowest BCUT2D eigenvalue weighted by Gasteiger charge is -1.98. The van der Waals surface area contributed by atoms with E-state index in [0.717, 1.165) is 6.08 Å². The van der Waals surface area contributed by atoms with Crippen molar-refractivity contribution in [2.45, 2.75) is 6.42 Å². The van der Waals surface area contributed by atoms with Crippen molar-refractivity contribution in [2.75, 3.05) is 0 Å². The number of nitro benzene ring substituents is 1. The van der Waals surface area contributed by atoms with E-state index in [2.05, 4.69) is 6.58 Å². The molecule has 0 aliphatic rings. The number of allylic oxidation sites excluding steroid dienone is 1. The molecular formula is C10H9NO3. The molecule has 0 N–H and O–H groups in total. The summed E-state index contributed by atoms with van der Waals surface area (Å²) in [6.45, 7) is 3.31. The van der Waals surface area contributed by atoms with Crippen molar-refractivity contribution < 1.29 is 9.72 Å². The number of rotatable bonds is 4. The zero-order chi connectivity index (χ0) is 10.6. The largest absolute Gasteiger partial charge is 0.295 e. The lowest BCUT2D eigenvalue weighted by atomic mass is 10.1. The molecule has 0 fully saturated rings. The van der Waals surface area contributed by atoms with Gasteiger partial charge in [0.15, 0.2) is 5.78 Å². The second-order valence-corrected chi connectivity index (χ2v) is 2.73. The number of nitrogens with zero attached hydrogens (tertiary/aromatic N) is 1. The minimum atomic E-state index is -0.494. The van der Waals surface area contributed by atoms with Crippen LogP contribution in [0.1, 0.15) is 5.56 Å². The number of hydrogen-bond donors (Lipinski definition) is 0. The average Bonchev–Trinajstić information content (AvgIpc) is 2.18. The Morgan fingerprint density at radius 2 is 2.14 bits per heavy atom. The lowest BCUT2D eigenvalue weighted by molar-refractivity contribution is -0.385. The van der Waals surface area contributed by atoms with E-state index in [1.54, 1.807) is 18.2 Å². The standard InChI is InChI=1S/C10H9NO3/c1-2-9(12)7-8-5-3-4-6-10(8)11(13)14/h2-6H,1,7H2. The highest BCUT2D eigenvalue weighted by Crippen LogP contribution is 2.18. The maximum absolute atomic E-state index is 11.0. The fourth-order valence-corrected chi connectivity index (χ4v) is 1.10. The van der Waals surface area contributed by atoms with Crippen LogP contribution in [0.15, 0.2) is 36.9 Å². The van der Waals surface area contributed by atoms with Crippen LogP contribution in [0.4, 0.5) is 5.69 Å². The van der Waals surface area contributed by atoms with Gasteiger partial charge in [0.1, 0.15) is 0 Å². The highest BCUT2D eigenvalue weighted by atomic mass is 16.6. The van der Waals surface area contributed by atoms with Gasteiger partial charge in [-0.1, -0.05) is 24.8 Å². The molecule has 0 amide bonds. The first-order chi connectivity index (χ1) is 6.65. The van der Waals surface area contributed by atoms with Gasteiger partial charge in [0.05, 0.1) is 4.92 Å². The molecule has 1 aromatic carbocycles. The molecule has 0 atom stereocenters.